The summed E-state index contributed by atoms with van der Waals surface area (Å²) in [5.41, 5.74) is 2.09. The van der Waals surface area contributed by atoms with Crippen LogP contribution in [0.2, 0.25) is 0 Å². The summed E-state index contributed by atoms with van der Waals surface area (Å²) in [6.07, 6.45) is 7.18. The number of thioether (sulfide) groups is 1. The molecule has 0 unspecified atom stereocenters. The van der Waals surface area contributed by atoms with Crippen LogP contribution in [0.25, 0.3) is 0 Å². The number of carbonyl (C=O) groups excluding carboxylic acids is 2. The molecule has 0 radical (unpaired) electrons. The van der Waals surface area contributed by atoms with Gasteiger partial charge in [0.25, 0.3) is 5.91 Å². The molecule has 0 aliphatic heterocycles. The molecular weight excluding hydrogens is 370 g/mol. The minimum Gasteiger partial charge on any atom is -0.335 e. The van der Waals surface area contributed by atoms with Crippen LogP contribution < -0.4 is 16.0 Å². The van der Waals surface area contributed by atoms with Crippen LogP contribution in [0.4, 0.5) is 16.2 Å². The third-order valence-corrected chi connectivity index (χ3v) is 6.46. The highest BCUT2D eigenvalue weighted by molar-refractivity contribution is 8.00. The molecule has 6 heteroatoms. The van der Waals surface area contributed by atoms with E-state index in [0.29, 0.717) is 22.5 Å². The van der Waals surface area contributed by atoms with Crippen molar-refractivity contribution < 1.29 is 9.59 Å². The first-order valence-electron chi connectivity index (χ1n) is 9.92. The van der Waals surface area contributed by atoms with Gasteiger partial charge in [-0.2, -0.15) is 0 Å². The molecule has 0 spiro atoms. The summed E-state index contributed by atoms with van der Waals surface area (Å²) in [4.78, 5) is 25.6. The number of rotatable bonds is 6. The van der Waals surface area contributed by atoms with Gasteiger partial charge in [-0.3, -0.25) is 4.79 Å². The van der Waals surface area contributed by atoms with E-state index in [1.165, 1.54) is 25.7 Å². The van der Waals surface area contributed by atoms with E-state index in [0.717, 1.165) is 23.4 Å². The average molecular weight is 396 g/mol. The number of nitrogens with one attached hydrogen (secondary N) is 3. The lowest BCUT2D eigenvalue weighted by Gasteiger charge is -2.14. The normalized spacial score (nSPS) is 16.6. The molecule has 2 fully saturated rings. The van der Waals surface area contributed by atoms with E-state index in [2.05, 4.69) is 22.0 Å². The predicted octanol–water partition coefficient (Wildman–Crippen LogP) is 5.26. The molecule has 3 N–H and O–H groups in total. The first-order chi connectivity index (χ1) is 13.7. The van der Waals surface area contributed by atoms with Crippen molar-refractivity contribution in [2.45, 2.75) is 54.7 Å². The molecule has 4 rings (SSSR count). The molecule has 0 bridgehead atoms. The number of carbonyl (C=O) groups is 2. The molecular formula is C22H25N3O2S. The molecule has 5 nitrogen and oxygen atoms in total. The van der Waals surface area contributed by atoms with Crippen molar-refractivity contribution in [3.05, 3.63) is 54.1 Å². The van der Waals surface area contributed by atoms with Gasteiger partial charge in [0, 0.05) is 27.4 Å². The second-order valence-electron chi connectivity index (χ2n) is 7.42. The molecule has 28 heavy (non-hydrogen) atoms. The van der Waals surface area contributed by atoms with Crippen molar-refractivity contribution in [3.63, 3.8) is 0 Å². The van der Waals surface area contributed by atoms with Gasteiger partial charge in [0.1, 0.15) is 0 Å². The molecule has 2 aromatic carbocycles. The Kier molecular flexibility index (Phi) is 5.86. The highest BCUT2D eigenvalue weighted by Crippen LogP contribution is 2.38. The van der Waals surface area contributed by atoms with E-state index in [1.807, 2.05) is 30.0 Å². The largest absolute Gasteiger partial charge is 0.335 e. The Morgan fingerprint density at radius 1 is 0.857 bits per heavy atom. The van der Waals surface area contributed by atoms with Crippen LogP contribution in [0.3, 0.4) is 0 Å². The Balaban J connectivity index is 1.37. The van der Waals surface area contributed by atoms with Gasteiger partial charge in [-0.05, 0) is 62.1 Å². The number of amides is 3. The first-order valence-corrected chi connectivity index (χ1v) is 10.8. The zero-order chi connectivity index (χ0) is 19.3. The summed E-state index contributed by atoms with van der Waals surface area (Å²) in [5.74, 6) is -0.145. The van der Waals surface area contributed by atoms with Crippen molar-refractivity contribution in [1.29, 1.82) is 0 Å². The Hall–Kier alpha value is -2.47. The number of benzene rings is 2. The molecule has 2 aromatic rings. The summed E-state index contributed by atoms with van der Waals surface area (Å²) in [6.45, 7) is 0. The van der Waals surface area contributed by atoms with Crippen LogP contribution in [-0.4, -0.2) is 23.2 Å². The molecule has 0 aromatic heterocycles. The number of anilines is 2. The van der Waals surface area contributed by atoms with Crippen molar-refractivity contribution >= 4 is 35.1 Å². The maximum absolute atomic E-state index is 12.7. The van der Waals surface area contributed by atoms with Crippen molar-refractivity contribution in [2.75, 3.05) is 10.6 Å². The summed E-state index contributed by atoms with van der Waals surface area (Å²) in [5, 5.41) is 9.35. The van der Waals surface area contributed by atoms with Crippen molar-refractivity contribution in [3.8, 4) is 0 Å². The fourth-order valence-electron chi connectivity index (χ4n) is 3.34. The number of hydrogen-bond acceptors (Lipinski definition) is 3. The fourth-order valence-corrected chi connectivity index (χ4v) is 4.67. The standard InChI is InChI=1S/C22H25N3O2S/c26-21(15-9-11-16(12-10-15)23-22(27)24-17-13-14-17)25-19-7-3-4-8-20(19)28-18-5-1-2-6-18/h3-4,7-12,17-18H,1-2,5-6,13-14H2,(H,25,26)(H2,23,24,27). The Morgan fingerprint density at radius 3 is 2.29 bits per heavy atom. The van der Waals surface area contributed by atoms with Crippen LogP contribution in [0.1, 0.15) is 48.9 Å². The van der Waals surface area contributed by atoms with Crippen molar-refractivity contribution in [2.24, 2.45) is 0 Å². The second-order valence-corrected chi connectivity index (χ2v) is 8.77. The minimum absolute atomic E-state index is 0.145. The Morgan fingerprint density at radius 2 is 1.57 bits per heavy atom. The Bertz CT molecular complexity index is 843. The summed E-state index contributed by atoms with van der Waals surface area (Å²) < 4.78 is 0. The van der Waals surface area contributed by atoms with Gasteiger partial charge < -0.3 is 16.0 Å². The van der Waals surface area contributed by atoms with Gasteiger partial charge in [-0.15, -0.1) is 11.8 Å². The van der Waals surface area contributed by atoms with Gasteiger partial charge in [-0.1, -0.05) is 25.0 Å². The molecule has 146 valence electrons. The van der Waals surface area contributed by atoms with Crippen LogP contribution in [0, 0.1) is 0 Å². The fraction of sp³-hybridized carbons (Fsp3) is 0.364. The molecule has 2 aliphatic rings. The highest BCUT2D eigenvalue weighted by Gasteiger charge is 2.23. The average Bonchev–Trinajstić information content (AvgIpc) is 3.35. The van der Waals surface area contributed by atoms with E-state index >= 15 is 0 Å². The molecule has 2 aliphatic carbocycles. The van der Waals surface area contributed by atoms with Crippen LogP contribution in [0.5, 0.6) is 0 Å². The highest BCUT2D eigenvalue weighted by atomic mass is 32.2. The quantitative estimate of drug-likeness (QED) is 0.625. The molecule has 0 atom stereocenters. The van der Waals surface area contributed by atoms with Crippen LogP contribution in [0.15, 0.2) is 53.4 Å². The maximum atomic E-state index is 12.7. The third-order valence-electron chi connectivity index (χ3n) is 5.05. The molecule has 0 saturated heterocycles. The summed E-state index contributed by atoms with van der Waals surface area (Å²) >= 11 is 1.86. The molecule has 2 saturated carbocycles. The summed E-state index contributed by atoms with van der Waals surface area (Å²) in [6, 6.07) is 15.1. The Labute approximate surface area is 169 Å². The zero-order valence-corrected chi connectivity index (χ0v) is 16.6. The second kappa shape index (κ2) is 8.69. The van der Waals surface area contributed by atoms with Gasteiger partial charge in [0.15, 0.2) is 0 Å². The number of para-hydroxylation sites is 1. The predicted molar refractivity (Wildman–Crippen MR) is 114 cm³/mol. The van der Waals surface area contributed by atoms with E-state index in [1.54, 1.807) is 24.3 Å². The zero-order valence-electron chi connectivity index (χ0n) is 15.7. The molecule has 3 amide bonds. The van der Waals surface area contributed by atoms with E-state index in [9.17, 15) is 9.59 Å². The van der Waals surface area contributed by atoms with Gasteiger partial charge in [0.2, 0.25) is 0 Å². The van der Waals surface area contributed by atoms with E-state index in [-0.39, 0.29) is 11.9 Å². The lowest BCUT2D eigenvalue weighted by molar-refractivity contribution is 0.102. The summed E-state index contributed by atoms with van der Waals surface area (Å²) in [7, 11) is 0. The lowest BCUT2D eigenvalue weighted by Crippen LogP contribution is -2.30. The number of urea groups is 1. The van der Waals surface area contributed by atoms with Gasteiger partial charge in [0.05, 0.1) is 5.69 Å². The molecule has 0 heterocycles. The van der Waals surface area contributed by atoms with Gasteiger partial charge >= 0.3 is 6.03 Å². The van der Waals surface area contributed by atoms with E-state index < -0.39 is 0 Å². The van der Waals surface area contributed by atoms with E-state index in [4.69, 9.17) is 0 Å². The van der Waals surface area contributed by atoms with Gasteiger partial charge in [-0.25, -0.2) is 4.79 Å². The SMILES string of the molecule is O=C(Nc1ccc(C(=O)Nc2ccccc2SC2CCCC2)cc1)NC1CC1. The topological polar surface area (TPSA) is 70.2 Å². The minimum atomic E-state index is -0.197. The monoisotopic (exact) mass is 395 g/mol. The first kappa shape index (κ1) is 18.9. The van der Waals surface area contributed by atoms with Crippen molar-refractivity contribution in [1.82, 2.24) is 5.32 Å². The van der Waals surface area contributed by atoms with Crippen LogP contribution in [-0.2, 0) is 0 Å². The number of hydrogen-bond donors (Lipinski definition) is 3. The lowest BCUT2D eigenvalue weighted by atomic mass is 10.2. The third kappa shape index (κ3) is 5.07. The van der Waals surface area contributed by atoms with Crippen LogP contribution >= 0.6 is 11.8 Å². The maximum Gasteiger partial charge on any atom is 0.319 e. The smallest absolute Gasteiger partial charge is 0.319 e.